The second-order valence-corrected chi connectivity index (χ2v) is 6.28. The average molecular weight is 380 g/mol. The van der Waals surface area contributed by atoms with Gasteiger partial charge in [0.05, 0.1) is 5.69 Å². The number of nitrogens with one attached hydrogen (secondary N) is 1. The molecule has 3 rings (SSSR count). The van der Waals surface area contributed by atoms with Crippen LogP contribution in [0.1, 0.15) is 19.3 Å². The van der Waals surface area contributed by atoms with Gasteiger partial charge in [0.1, 0.15) is 0 Å². The first-order valence-electron chi connectivity index (χ1n) is 6.99. The molecule has 1 aliphatic rings. The number of benzene rings is 2. The fraction of sp³-hybridized carbons (Fsp3) is 0.312. The highest BCUT2D eigenvalue weighted by Crippen LogP contribution is 2.28. The number of rotatable bonds is 1. The third kappa shape index (κ3) is 2.75. The minimum atomic E-state index is 0.0241. The Morgan fingerprint density at radius 1 is 1.00 bits per heavy atom. The zero-order valence-corrected chi connectivity index (χ0v) is 13.4. The molecule has 2 aromatic rings. The van der Waals surface area contributed by atoms with Crippen molar-refractivity contribution in [3.05, 3.63) is 40.0 Å². The van der Waals surface area contributed by atoms with Crippen LogP contribution in [-0.2, 0) is 0 Å². The van der Waals surface area contributed by atoms with E-state index >= 15 is 0 Å². The van der Waals surface area contributed by atoms with Gasteiger partial charge >= 0.3 is 6.03 Å². The van der Waals surface area contributed by atoms with Crippen LogP contribution in [0.3, 0.4) is 0 Å². The highest BCUT2D eigenvalue weighted by Gasteiger charge is 2.17. The van der Waals surface area contributed by atoms with Crippen molar-refractivity contribution in [1.82, 2.24) is 4.90 Å². The second kappa shape index (κ2) is 5.99. The summed E-state index contributed by atoms with van der Waals surface area (Å²) >= 11 is 2.33. The Morgan fingerprint density at radius 2 is 1.70 bits per heavy atom. The van der Waals surface area contributed by atoms with Crippen LogP contribution in [0.2, 0.25) is 0 Å². The number of anilines is 1. The Hall–Kier alpha value is -1.30. The fourth-order valence-corrected chi connectivity index (χ4v) is 3.31. The van der Waals surface area contributed by atoms with Crippen molar-refractivity contribution in [2.75, 3.05) is 18.4 Å². The van der Waals surface area contributed by atoms with Crippen molar-refractivity contribution in [2.45, 2.75) is 19.3 Å². The quantitative estimate of drug-likeness (QED) is 0.728. The highest BCUT2D eigenvalue weighted by atomic mass is 127. The Kier molecular flexibility index (Phi) is 4.10. The normalized spacial score (nSPS) is 15.3. The summed E-state index contributed by atoms with van der Waals surface area (Å²) in [5.74, 6) is 0. The lowest BCUT2D eigenvalue weighted by Crippen LogP contribution is -2.38. The van der Waals surface area contributed by atoms with Crippen LogP contribution < -0.4 is 5.32 Å². The number of urea groups is 1. The molecule has 0 saturated carbocycles. The van der Waals surface area contributed by atoms with Gasteiger partial charge in [0.25, 0.3) is 0 Å². The Morgan fingerprint density at radius 3 is 2.45 bits per heavy atom. The summed E-state index contributed by atoms with van der Waals surface area (Å²) in [6, 6.07) is 12.3. The molecule has 2 amide bonds. The Labute approximate surface area is 132 Å². The molecule has 0 bridgehead atoms. The van der Waals surface area contributed by atoms with Gasteiger partial charge in [-0.1, -0.05) is 24.3 Å². The molecule has 0 radical (unpaired) electrons. The predicted molar refractivity (Wildman–Crippen MR) is 91.1 cm³/mol. The van der Waals surface area contributed by atoms with Crippen LogP contribution in [0.5, 0.6) is 0 Å². The van der Waals surface area contributed by atoms with Gasteiger partial charge in [-0.15, -0.1) is 0 Å². The number of likely N-dealkylation sites (tertiary alicyclic amines) is 1. The number of carbonyl (C=O) groups excluding carboxylic acids is 1. The summed E-state index contributed by atoms with van der Waals surface area (Å²) in [5, 5.41) is 5.35. The van der Waals surface area contributed by atoms with Crippen LogP contribution >= 0.6 is 22.6 Å². The number of hydrogen-bond acceptors (Lipinski definition) is 1. The Bertz CT molecular complexity index is 635. The maximum Gasteiger partial charge on any atom is 0.321 e. The van der Waals surface area contributed by atoms with Gasteiger partial charge in [0, 0.05) is 22.0 Å². The molecular formula is C16H17IN2O. The molecule has 0 atom stereocenters. The van der Waals surface area contributed by atoms with E-state index in [9.17, 15) is 4.79 Å². The number of piperidine rings is 1. The van der Waals surface area contributed by atoms with Crippen molar-refractivity contribution in [1.29, 1.82) is 0 Å². The lowest BCUT2D eigenvalue weighted by molar-refractivity contribution is 0.200. The van der Waals surface area contributed by atoms with Gasteiger partial charge in [-0.2, -0.15) is 0 Å². The minimum Gasteiger partial charge on any atom is -0.325 e. The van der Waals surface area contributed by atoms with Gasteiger partial charge in [-0.25, -0.2) is 4.79 Å². The minimum absolute atomic E-state index is 0.0241. The average Bonchev–Trinajstić information content (AvgIpc) is 2.51. The first kappa shape index (κ1) is 13.7. The van der Waals surface area contributed by atoms with Gasteiger partial charge < -0.3 is 10.2 Å². The smallest absolute Gasteiger partial charge is 0.321 e. The van der Waals surface area contributed by atoms with E-state index in [0.717, 1.165) is 37.0 Å². The standard InChI is InChI=1S/C16H17IN2O/c17-14-8-9-15(13-7-3-2-6-12(13)14)18-16(20)19-10-4-1-5-11-19/h2-3,6-9H,1,4-5,10-11H2,(H,18,20). The number of nitrogens with zero attached hydrogens (tertiary/aromatic N) is 1. The maximum atomic E-state index is 12.3. The van der Waals surface area contributed by atoms with E-state index in [2.05, 4.69) is 46.1 Å². The molecule has 1 heterocycles. The summed E-state index contributed by atoms with van der Waals surface area (Å²) in [6.45, 7) is 1.74. The molecule has 3 nitrogen and oxygen atoms in total. The number of carbonyl (C=O) groups is 1. The molecule has 0 spiro atoms. The van der Waals surface area contributed by atoms with Crippen molar-refractivity contribution in [2.24, 2.45) is 0 Å². The molecule has 2 aromatic carbocycles. The largest absolute Gasteiger partial charge is 0.325 e. The molecule has 4 heteroatoms. The SMILES string of the molecule is O=C(Nc1ccc(I)c2ccccc12)N1CCCCC1. The van der Waals surface area contributed by atoms with Gasteiger partial charge in [0.15, 0.2) is 0 Å². The number of amides is 2. The van der Waals surface area contributed by atoms with Gasteiger partial charge in [-0.05, 0) is 59.4 Å². The number of halogens is 1. The van der Waals surface area contributed by atoms with E-state index < -0.39 is 0 Å². The van der Waals surface area contributed by atoms with Crippen molar-refractivity contribution in [3.8, 4) is 0 Å². The van der Waals surface area contributed by atoms with Crippen LogP contribution in [-0.4, -0.2) is 24.0 Å². The third-order valence-electron chi connectivity index (χ3n) is 3.76. The molecule has 1 N–H and O–H groups in total. The first-order valence-corrected chi connectivity index (χ1v) is 8.07. The molecule has 0 unspecified atom stereocenters. The lowest BCUT2D eigenvalue weighted by atomic mass is 10.1. The third-order valence-corrected chi connectivity index (χ3v) is 4.70. The summed E-state index contributed by atoms with van der Waals surface area (Å²) in [7, 11) is 0. The monoisotopic (exact) mass is 380 g/mol. The van der Waals surface area contributed by atoms with Crippen LogP contribution in [0.4, 0.5) is 10.5 Å². The summed E-state index contributed by atoms with van der Waals surface area (Å²) in [6.07, 6.45) is 3.46. The van der Waals surface area contributed by atoms with E-state index in [1.54, 1.807) is 0 Å². The van der Waals surface area contributed by atoms with E-state index in [4.69, 9.17) is 0 Å². The lowest BCUT2D eigenvalue weighted by Gasteiger charge is -2.27. The Balaban J connectivity index is 1.87. The topological polar surface area (TPSA) is 32.3 Å². The zero-order valence-electron chi connectivity index (χ0n) is 11.2. The zero-order chi connectivity index (χ0) is 13.9. The fourth-order valence-electron chi connectivity index (χ4n) is 2.66. The van der Waals surface area contributed by atoms with Crippen molar-refractivity contribution < 1.29 is 4.79 Å². The predicted octanol–water partition coefficient (Wildman–Crippen LogP) is 4.46. The molecule has 0 aromatic heterocycles. The highest BCUT2D eigenvalue weighted by molar-refractivity contribution is 14.1. The first-order chi connectivity index (χ1) is 9.75. The van der Waals surface area contributed by atoms with E-state index in [1.807, 2.05) is 23.1 Å². The van der Waals surface area contributed by atoms with E-state index in [-0.39, 0.29) is 6.03 Å². The summed E-state index contributed by atoms with van der Waals surface area (Å²) in [4.78, 5) is 14.2. The number of fused-ring (bicyclic) bond motifs is 1. The molecule has 20 heavy (non-hydrogen) atoms. The molecular weight excluding hydrogens is 363 g/mol. The van der Waals surface area contributed by atoms with E-state index in [0.29, 0.717) is 0 Å². The second-order valence-electron chi connectivity index (χ2n) is 5.12. The molecule has 0 aliphatic carbocycles. The van der Waals surface area contributed by atoms with E-state index in [1.165, 1.54) is 15.4 Å². The number of hydrogen-bond donors (Lipinski definition) is 1. The molecule has 1 saturated heterocycles. The van der Waals surface area contributed by atoms with Crippen molar-refractivity contribution in [3.63, 3.8) is 0 Å². The van der Waals surface area contributed by atoms with Crippen molar-refractivity contribution >= 4 is 45.1 Å². The summed E-state index contributed by atoms with van der Waals surface area (Å²) < 4.78 is 1.20. The van der Waals surface area contributed by atoms with Crippen LogP contribution in [0.15, 0.2) is 36.4 Å². The molecule has 1 aliphatic heterocycles. The molecule has 104 valence electrons. The van der Waals surface area contributed by atoms with Gasteiger partial charge in [0.2, 0.25) is 0 Å². The maximum absolute atomic E-state index is 12.3. The summed E-state index contributed by atoms with van der Waals surface area (Å²) in [5.41, 5.74) is 0.900. The van der Waals surface area contributed by atoms with Crippen LogP contribution in [0, 0.1) is 3.57 Å². The van der Waals surface area contributed by atoms with Gasteiger partial charge in [-0.3, -0.25) is 0 Å². The van der Waals surface area contributed by atoms with Crippen LogP contribution in [0.25, 0.3) is 10.8 Å². The molecule has 1 fully saturated rings.